The van der Waals surface area contributed by atoms with Crippen LogP contribution in [0.2, 0.25) is 0 Å². The van der Waals surface area contributed by atoms with Crippen molar-refractivity contribution in [2.75, 3.05) is 26.8 Å². The average Bonchev–Trinajstić information content (AvgIpc) is 3.15. The lowest BCUT2D eigenvalue weighted by atomic mass is 10.1. The first-order chi connectivity index (χ1) is 11.7. The van der Waals surface area contributed by atoms with Crippen LogP contribution < -0.4 is 5.56 Å². The summed E-state index contributed by atoms with van der Waals surface area (Å²) in [5.74, 6) is -0.175. The number of hydrogen-bond acceptors (Lipinski definition) is 6. The molecule has 0 saturated carbocycles. The Bertz CT molecular complexity index is 742. The van der Waals surface area contributed by atoms with Gasteiger partial charge in [-0.15, -0.1) is 0 Å². The van der Waals surface area contributed by atoms with Crippen LogP contribution in [0, 0.1) is 0 Å². The van der Waals surface area contributed by atoms with Crippen LogP contribution in [0.3, 0.4) is 0 Å². The van der Waals surface area contributed by atoms with Gasteiger partial charge in [-0.05, 0) is 18.9 Å². The summed E-state index contributed by atoms with van der Waals surface area (Å²) in [4.78, 5) is 30.2. The maximum absolute atomic E-state index is 12.7. The molecule has 0 aromatic carbocycles. The first kappa shape index (κ1) is 16.3. The Hall–Kier alpha value is -2.55. The smallest absolute Gasteiger partial charge is 0.274 e. The molecule has 2 aromatic heterocycles. The van der Waals surface area contributed by atoms with E-state index in [2.05, 4.69) is 15.2 Å². The minimum absolute atomic E-state index is 0.115. The highest BCUT2D eigenvalue weighted by molar-refractivity contribution is 5.92. The van der Waals surface area contributed by atoms with Gasteiger partial charge in [-0.3, -0.25) is 9.59 Å². The zero-order valence-electron chi connectivity index (χ0n) is 13.5. The van der Waals surface area contributed by atoms with E-state index in [1.54, 1.807) is 23.0 Å². The van der Waals surface area contributed by atoms with Crippen molar-refractivity contribution in [3.63, 3.8) is 0 Å². The molecule has 0 aliphatic carbocycles. The number of nitrogens with zero attached hydrogens (tertiary/aromatic N) is 6. The predicted octanol–water partition coefficient (Wildman–Crippen LogP) is -0.0415. The number of likely N-dealkylation sites (tertiary alicyclic amines) is 1. The molecule has 2 aromatic rings. The molecule has 128 valence electrons. The standard InChI is InChI=1S/C15H20N6O3/c1-24-8-7-20-14(22)5-4-13(18-20)15(23)19-6-2-3-12(9-19)21-11-16-10-17-21/h4-5,10-12H,2-3,6-9H2,1H3/t12-/m1/s1. The maximum atomic E-state index is 12.7. The second-order valence-corrected chi connectivity index (χ2v) is 5.70. The Labute approximate surface area is 138 Å². The Morgan fingerprint density at radius 3 is 3.04 bits per heavy atom. The van der Waals surface area contributed by atoms with E-state index < -0.39 is 0 Å². The largest absolute Gasteiger partial charge is 0.383 e. The van der Waals surface area contributed by atoms with Gasteiger partial charge in [0.15, 0.2) is 0 Å². The third-order valence-corrected chi connectivity index (χ3v) is 4.09. The molecule has 1 aliphatic heterocycles. The van der Waals surface area contributed by atoms with Crippen molar-refractivity contribution < 1.29 is 9.53 Å². The number of amides is 1. The second kappa shape index (κ2) is 7.35. The van der Waals surface area contributed by atoms with Crippen LogP contribution in [0.5, 0.6) is 0 Å². The summed E-state index contributed by atoms with van der Waals surface area (Å²) in [6, 6.07) is 2.96. The number of rotatable bonds is 5. The molecular formula is C15H20N6O3. The zero-order valence-corrected chi connectivity index (χ0v) is 13.5. The number of carbonyl (C=O) groups is 1. The molecule has 9 nitrogen and oxygen atoms in total. The monoisotopic (exact) mass is 332 g/mol. The number of methoxy groups -OCH3 is 1. The van der Waals surface area contributed by atoms with E-state index in [4.69, 9.17) is 4.74 Å². The Morgan fingerprint density at radius 1 is 1.42 bits per heavy atom. The number of ether oxygens (including phenoxy) is 1. The minimum Gasteiger partial charge on any atom is -0.383 e. The van der Waals surface area contributed by atoms with Gasteiger partial charge in [-0.1, -0.05) is 0 Å². The third-order valence-electron chi connectivity index (χ3n) is 4.09. The fraction of sp³-hybridized carbons (Fsp3) is 0.533. The molecule has 1 amide bonds. The Morgan fingerprint density at radius 2 is 2.29 bits per heavy atom. The van der Waals surface area contributed by atoms with Gasteiger partial charge in [0.2, 0.25) is 0 Å². The van der Waals surface area contributed by atoms with Crippen LogP contribution in [0.15, 0.2) is 29.6 Å². The summed E-state index contributed by atoms with van der Waals surface area (Å²) in [5, 5.41) is 8.33. The van der Waals surface area contributed by atoms with Crippen LogP contribution in [0.1, 0.15) is 29.4 Å². The molecule has 0 radical (unpaired) electrons. The number of carbonyl (C=O) groups excluding carboxylic acids is 1. The molecular weight excluding hydrogens is 312 g/mol. The fourth-order valence-corrected chi connectivity index (χ4v) is 2.82. The highest BCUT2D eigenvalue weighted by atomic mass is 16.5. The summed E-state index contributed by atoms with van der Waals surface area (Å²) in [5.41, 5.74) is 0.0210. The highest BCUT2D eigenvalue weighted by Crippen LogP contribution is 2.21. The van der Waals surface area contributed by atoms with Crippen molar-refractivity contribution in [3.05, 3.63) is 40.8 Å². The topological polar surface area (TPSA) is 95.1 Å². The quantitative estimate of drug-likeness (QED) is 0.762. The van der Waals surface area contributed by atoms with Gasteiger partial charge in [0.25, 0.3) is 11.5 Å². The number of piperidine rings is 1. The molecule has 1 fully saturated rings. The number of hydrogen-bond donors (Lipinski definition) is 0. The fourth-order valence-electron chi connectivity index (χ4n) is 2.82. The normalized spacial score (nSPS) is 17.9. The van der Waals surface area contributed by atoms with E-state index in [1.807, 2.05) is 0 Å². The summed E-state index contributed by atoms with van der Waals surface area (Å²) < 4.78 is 8.01. The lowest BCUT2D eigenvalue weighted by Gasteiger charge is -2.32. The molecule has 1 aliphatic rings. The third kappa shape index (κ3) is 3.51. The predicted molar refractivity (Wildman–Crippen MR) is 84.6 cm³/mol. The van der Waals surface area contributed by atoms with E-state index in [0.29, 0.717) is 26.2 Å². The highest BCUT2D eigenvalue weighted by Gasteiger charge is 2.27. The van der Waals surface area contributed by atoms with Gasteiger partial charge < -0.3 is 9.64 Å². The van der Waals surface area contributed by atoms with Crippen LogP contribution in [-0.4, -0.2) is 62.2 Å². The van der Waals surface area contributed by atoms with Gasteiger partial charge >= 0.3 is 0 Å². The van der Waals surface area contributed by atoms with Gasteiger partial charge in [-0.25, -0.2) is 14.3 Å². The Kier molecular flexibility index (Phi) is 4.99. The van der Waals surface area contributed by atoms with E-state index in [0.717, 1.165) is 12.8 Å². The van der Waals surface area contributed by atoms with E-state index in [-0.39, 0.29) is 23.2 Å². The van der Waals surface area contributed by atoms with Crippen molar-refractivity contribution in [2.24, 2.45) is 0 Å². The van der Waals surface area contributed by atoms with Gasteiger partial charge in [0.05, 0.1) is 19.2 Å². The Balaban J connectivity index is 1.74. The molecule has 1 saturated heterocycles. The molecule has 0 N–H and O–H groups in total. The molecule has 3 heterocycles. The minimum atomic E-state index is -0.247. The average molecular weight is 332 g/mol. The van der Waals surface area contributed by atoms with Crippen molar-refractivity contribution in [1.82, 2.24) is 29.4 Å². The first-order valence-corrected chi connectivity index (χ1v) is 7.89. The lowest BCUT2D eigenvalue weighted by Crippen LogP contribution is -2.42. The van der Waals surface area contributed by atoms with Gasteiger partial charge in [-0.2, -0.15) is 10.2 Å². The van der Waals surface area contributed by atoms with Crippen LogP contribution in [-0.2, 0) is 11.3 Å². The van der Waals surface area contributed by atoms with Crippen LogP contribution in [0.4, 0.5) is 0 Å². The van der Waals surface area contributed by atoms with Crippen molar-refractivity contribution in [1.29, 1.82) is 0 Å². The lowest BCUT2D eigenvalue weighted by molar-refractivity contribution is 0.0663. The van der Waals surface area contributed by atoms with Gasteiger partial charge in [0, 0.05) is 26.3 Å². The summed E-state index contributed by atoms with van der Waals surface area (Å²) >= 11 is 0. The zero-order chi connectivity index (χ0) is 16.9. The first-order valence-electron chi connectivity index (χ1n) is 7.89. The van der Waals surface area contributed by atoms with Crippen LogP contribution >= 0.6 is 0 Å². The van der Waals surface area contributed by atoms with E-state index in [9.17, 15) is 9.59 Å². The SMILES string of the molecule is COCCn1nc(C(=O)N2CCC[C@@H](n3cncn3)C2)ccc1=O. The molecule has 3 rings (SSSR count). The molecule has 1 atom stereocenters. The summed E-state index contributed by atoms with van der Waals surface area (Å²) in [6.07, 6.45) is 5.00. The second-order valence-electron chi connectivity index (χ2n) is 5.70. The summed E-state index contributed by atoms with van der Waals surface area (Å²) in [7, 11) is 1.55. The molecule has 24 heavy (non-hydrogen) atoms. The van der Waals surface area contributed by atoms with Crippen molar-refractivity contribution in [3.8, 4) is 0 Å². The molecule has 9 heteroatoms. The maximum Gasteiger partial charge on any atom is 0.274 e. The number of aromatic nitrogens is 5. The van der Waals surface area contributed by atoms with E-state index in [1.165, 1.54) is 23.1 Å². The van der Waals surface area contributed by atoms with Crippen LogP contribution in [0.25, 0.3) is 0 Å². The molecule has 0 bridgehead atoms. The molecule has 0 spiro atoms. The summed E-state index contributed by atoms with van der Waals surface area (Å²) in [6.45, 7) is 1.91. The van der Waals surface area contributed by atoms with E-state index >= 15 is 0 Å². The van der Waals surface area contributed by atoms with Crippen molar-refractivity contribution in [2.45, 2.75) is 25.4 Å². The van der Waals surface area contributed by atoms with Gasteiger partial charge in [0.1, 0.15) is 18.3 Å². The van der Waals surface area contributed by atoms with Crippen molar-refractivity contribution >= 4 is 5.91 Å². The molecule has 0 unspecified atom stereocenters.